The van der Waals surface area contributed by atoms with E-state index in [0.717, 1.165) is 6.07 Å². The number of carboxylic acids is 1. The molecule has 5 nitrogen and oxygen atoms in total. The first-order valence-electron chi connectivity index (χ1n) is 4.58. The molecule has 0 radical (unpaired) electrons. The second-order valence-electron chi connectivity index (χ2n) is 3.69. The zero-order chi connectivity index (χ0) is 12.5. The number of benzene rings is 1. The van der Waals surface area contributed by atoms with Gasteiger partial charge in [0.1, 0.15) is 0 Å². The van der Waals surface area contributed by atoms with Crippen LogP contribution >= 0.6 is 0 Å². The molecule has 0 aliphatic carbocycles. The van der Waals surface area contributed by atoms with Crippen LogP contribution in [-0.4, -0.2) is 24.0 Å². The summed E-state index contributed by atoms with van der Waals surface area (Å²) in [5.41, 5.74) is 0.226. The largest absolute Gasteiger partial charge is 0.478 e. The number of carbonyl (C=O) groups is 1. The van der Waals surface area contributed by atoms with E-state index in [9.17, 15) is 13.2 Å². The van der Waals surface area contributed by atoms with Gasteiger partial charge in [-0.3, -0.25) is 4.55 Å². The molecule has 16 heavy (non-hydrogen) atoms. The van der Waals surface area contributed by atoms with Crippen molar-refractivity contribution in [1.29, 1.82) is 0 Å². The van der Waals surface area contributed by atoms with Crippen LogP contribution < -0.4 is 0 Å². The highest BCUT2D eigenvalue weighted by Crippen LogP contribution is 2.24. The maximum absolute atomic E-state index is 11.1. The van der Waals surface area contributed by atoms with Crippen LogP contribution in [0.4, 0.5) is 0 Å². The van der Waals surface area contributed by atoms with Gasteiger partial charge in [0.15, 0.2) is 0 Å². The first kappa shape index (κ1) is 12.7. The number of hydrogen-bond donors (Lipinski definition) is 2. The molecular weight excluding hydrogens is 232 g/mol. The van der Waals surface area contributed by atoms with Crippen molar-refractivity contribution < 1.29 is 22.9 Å². The topological polar surface area (TPSA) is 91.7 Å². The molecular formula is C10H12O5S. The fraction of sp³-hybridized carbons (Fsp3) is 0.300. The van der Waals surface area contributed by atoms with Crippen molar-refractivity contribution in [3.05, 3.63) is 29.3 Å². The van der Waals surface area contributed by atoms with Crippen LogP contribution in [-0.2, 0) is 10.1 Å². The Kier molecular flexibility index (Phi) is 3.35. The molecule has 1 aromatic carbocycles. The van der Waals surface area contributed by atoms with Crippen molar-refractivity contribution in [3.8, 4) is 0 Å². The summed E-state index contributed by atoms with van der Waals surface area (Å²) < 4.78 is 31.2. The van der Waals surface area contributed by atoms with Gasteiger partial charge < -0.3 is 5.11 Å². The first-order chi connectivity index (χ1) is 7.23. The zero-order valence-corrected chi connectivity index (χ0v) is 9.65. The van der Waals surface area contributed by atoms with Crippen molar-refractivity contribution in [2.45, 2.75) is 24.7 Å². The van der Waals surface area contributed by atoms with Crippen LogP contribution in [0, 0.1) is 0 Å². The number of aromatic carboxylic acids is 1. The Morgan fingerprint density at radius 1 is 1.31 bits per heavy atom. The Bertz CT molecular complexity index is 516. The summed E-state index contributed by atoms with van der Waals surface area (Å²) in [7, 11) is -4.40. The summed E-state index contributed by atoms with van der Waals surface area (Å²) in [6, 6.07) is 3.68. The highest BCUT2D eigenvalue weighted by molar-refractivity contribution is 7.85. The highest BCUT2D eigenvalue weighted by atomic mass is 32.2. The van der Waals surface area contributed by atoms with Crippen molar-refractivity contribution in [3.63, 3.8) is 0 Å². The van der Waals surface area contributed by atoms with Gasteiger partial charge in [-0.1, -0.05) is 19.9 Å². The second-order valence-corrected chi connectivity index (χ2v) is 5.08. The molecule has 1 aromatic rings. The predicted octanol–water partition coefficient (Wildman–Crippen LogP) is 1.75. The summed E-state index contributed by atoms with van der Waals surface area (Å²) in [5.74, 6) is -1.36. The second kappa shape index (κ2) is 4.23. The van der Waals surface area contributed by atoms with E-state index in [-0.39, 0.29) is 16.4 Å². The van der Waals surface area contributed by atoms with Gasteiger partial charge >= 0.3 is 5.97 Å². The predicted molar refractivity (Wildman–Crippen MR) is 57.3 cm³/mol. The minimum absolute atomic E-state index is 0.125. The molecule has 2 N–H and O–H groups in total. The van der Waals surface area contributed by atoms with Crippen molar-refractivity contribution >= 4 is 16.1 Å². The lowest BCUT2D eigenvalue weighted by Gasteiger charge is -2.10. The molecule has 0 aliphatic heterocycles. The number of rotatable bonds is 3. The van der Waals surface area contributed by atoms with Crippen LogP contribution in [0.5, 0.6) is 0 Å². The normalized spacial score (nSPS) is 11.8. The summed E-state index contributed by atoms with van der Waals surface area (Å²) >= 11 is 0. The fourth-order valence-corrected chi connectivity index (χ4v) is 2.25. The molecule has 88 valence electrons. The molecule has 0 aliphatic rings. The van der Waals surface area contributed by atoms with E-state index in [2.05, 4.69) is 0 Å². The van der Waals surface area contributed by atoms with Gasteiger partial charge in [-0.15, -0.1) is 0 Å². The average molecular weight is 244 g/mol. The van der Waals surface area contributed by atoms with Gasteiger partial charge in [-0.2, -0.15) is 8.42 Å². The van der Waals surface area contributed by atoms with Crippen molar-refractivity contribution in [2.75, 3.05) is 0 Å². The minimum Gasteiger partial charge on any atom is -0.478 e. The van der Waals surface area contributed by atoms with Crippen LogP contribution in [0.25, 0.3) is 0 Å². The summed E-state index contributed by atoms with van der Waals surface area (Å²) in [6.07, 6.45) is 0. The SMILES string of the molecule is CC(C)c1ccc(C(=O)O)cc1S(=O)(=O)O. The van der Waals surface area contributed by atoms with E-state index in [1.54, 1.807) is 13.8 Å². The molecule has 0 bridgehead atoms. The Hall–Kier alpha value is -1.40. The van der Waals surface area contributed by atoms with E-state index in [0.29, 0.717) is 5.56 Å². The van der Waals surface area contributed by atoms with Gasteiger partial charge in [-0.05, 0) is 23.6 Å². The van der Waals surface area contributed by atoms with Crippen molar-refractivity contribution in [1.82, 2.24) is 0 Å². The number of carboxylic acid groups (broad SMARTS) is 1. The van der Waals surface area contributed by atoms with Gasteiger partial charge in [-0.25, -0.2) is 4.79 Å². The first-order valence-corrected chi connectivity index (χ1v) is 6.02. The third-order valence-corrected chi connectivity index (χ3v) is 3.07. The molecule has 0 saturated heterocycles. The van der Waals surface area contributed by atoms with Gasteiger partial charge in [0.05, 0.1) is 10.5 Å². The Balaban J connectivity index is 3.51. The molecule has 6 heteroatoms. The molecule has 0 saturated carbocycles. The molecule has 0 fully saturated rings. The van der Waals surface area contributed by atoms with E-state index in [1.807, 2.05) is 0 Å². The molecule has 0 heterocycles. The lowest BCUT2D eigenvalue weighted by Crippen LogP contribution is -2.07. The molecule has 0 amide bonds. The van der Waals surface area contributed by atoms with Crippen LogP contribution in [0.3, 0.4) is 0 Å². The minimum atomic E-state index is -4.40. The molecule has 0 aromatic heterocycles. The molecule has 1 rings (SSSR count). The van der Waals surface area contributed by atoms with Gasteiger partial charge in [0.25, 0.3) is 10.1 Å². The number of hydrogen-bond acceptors (Lipinski definition) is 3. The third-order valence-electron chi connectivity index (χ3n) is 2.16. The fourth-order valence-electron chi connectivity index (χ4n) is 1.37. The summed E-state index contributed by atoms with van der Waals surface area (Å²) in [6.45, 7) is 3.51. The zero-order valence-electron chi connectivity index (χ0n) is 8.84. The smallest absolute Gasteiger partial charge is 0.335 e. The van der Waals surface area contributed by atoms with E-state index >= 15 is 0 Å². The maximum atomic E-state index is 11.1. The van der Waals surface area contributed by atoms with Crippen LogP contribution in [0.2, 0.25) is 0 Å². The molecule has 0 unspecified atom stereocenters. The standard InChI is InChI=1S/C10H12O5S/c1-6(2)8-4-3-7(10(11)12)5-9(8)16(13,14)15/h3-6H,1-2H3,(H,11,12)(H,13,14,15). The third kappa shape index (κ3) is 2.59. The van der Waals surface area contributed by atoms with Crippen LogP contribution in [0.1, 0.15) is 35.7 Å². The monoisotopic (exact) mass is 244 g/mol. The Morgan fingerprint density at radius 2 is 1.88 bits per heavy atom. The highest BCUT2D eigenvalue weighted by Gasteiger charge is 2.19. The van der Waals surface area contributed by atoms with Crippen molar-refractivity contribution in [2.24, 2.45) is 0 Å². The average Bonchev–Trinajstić information content (AvgIpc) is 2.15. The lowest BCUT2D eigenvalue weighted by atomic mass is 10.0. The van der Waals surface area contributed by atoms with Gasteiger partial charge in [0.2, 0.25) is 0 Å². The Labute approximate surface area is 93.5 Å². The van der Waals surface area contributed by atoms with Gasteiger partial charge in [0, 0.05) is 0 Å². The quantitative estimate of drug-likeness (QED) is 0.790. The maximum Gasteiger partial charge on any atom is 0.335 e. The lowest BCUT2D eigenvalue weighted by molar-refractivity contribution is 0.0696. The summed E-state index contributed by atoms with van der Waals surface area (Å²) in [4.78, 5) is 10.3. The summed E-state index contributed by atoms with van der Waals surface area (Å²) in [5, 5.41) is 8.73. The molecule has 0 spiro atoms. The van der Waals surface area contributed by atoms with E-state index in [1.165, 1.54) is 12.1 Å². The Morgan fingerprint density at radius 3 is 2.25 bits per heavy atom. The van der Waals surface area contributed by atoms with E-state index < -0.39 is 16.1 Å². The molecule has 0 atom stereocenters. The van der Waals surface area contributed by atoms with E-state index in [4.69, 9.17) is 9.66 Å². The van der Waals surface area contributed by atoms with Crippen LogP contribution in [0.15, 0.2) is 23.1 Å².